The molecule has 2 N–H and O–H groups in total. The van der Waals surface area contributed by atoms with Crippen molar-refractivity contribution in [2.75, 3.05) is 5.75 Å². The predicted octanol–water partition coefficient (Wildman–Crippen LogP) is 4.73. The number of H-pyrrole nitrogens is 1. The van der Waals surface area contributed by atoms with Gasteiger partial charge in [-0.15, -0.1) is 10.2 Å². The van der Waals surface area contributed by atoms with Crippen LogP contribution in [0.15, 0.2) is 69.3 Å². The van der Waals surface area contributed by atoms with Crippen LogP contribution in [0.1, 0.15) is 38.5 Å². The number of amides is 1. The van der Waals surface area contributed by atoms with E-state index in [1.165, 1.54) is 55.6 Å². The summed E-state index contributed by atoms with van der Waals surface area (Å²) in [7, 11) is 0. The van der Waals surface area contributed by atoms with E-state index in [9.17, 15) is 14.0 Å². The fraction of sp³-hybridized carbons (Fsp3) is 0.320. The molecule has 0 atom stereocenters. The highest BCUT2D eigenvalue weighted by Gasteiger charge is 2.15. The number of nitrogens with one attached hydrogen (secondary N) is 2. The summed E-state index contributed by atoms with van der Waals surface area (Å²) < 4.78 is 18.2. The lowest BCUT2D eigenvalue weighted by molar-refractivity contribution is -0.121. The minimum atomic E-state index is -0.463. The zero-order valence-electron chi connectivity index (χ0n) is 19.1. The van der Waals surface area contributed by atoms with Crippen LogP contribution in [0, 0.1) is 5.82 Å². The van der Waals surface area contributed by atoms with Crippen LogP contribution in [0.3, 0.4) is 0 Å². The Labute approximate surface area is 205 Å². The van der Waals surface area contributed by atoms with Crippen LogP contribution in [-0.2, 0) is 4.79 Å². The molecule has 1 saturated carbocycles. The predicted molar refractivity (Wildman–Crippen MR) is 132 cm³/mol. The van der Waals surface area contributed by atoms with Crippen molar-refractivity contribution in [3.8, 4) is 11.5 Å². The molecular weight excluding hydrogens is 469 g/mol. The smallest absolute Gasteiger partial charge is 0.259 e. The van der Waals surface area contributed by atoms with Crippen LogP contribution in [0.25, 0.3) is 22.4 Å². The van der Waals surface area contributed by atoms with Gasteiger partial charge >= 0.3 is 0 Å². The second-order valence-electron chi connectivity index (χ2n) is 8.14. The second kappa shape index (κ2) is 12.3. The second-order valence-corrected chi connectivity index (χ2v) is 9.23. The number of hydrogen-bond acceptors (Lipinski definition) is 7. The van der Waals surface area contributed by atoms with Crippen LogP contribution in [0.5, 0.6) is 0 Å². The lowest BCUT2D eigenvalue weighted by atomic mass is 9.95. The first-order chi connectivity index (χ1) is 17.1. The first-order valence-electron chi connectivity index (χ1n) is 11.5. The Morgan fingerprint density at radius 1 is 1.14 bits per heavy atom. The van der Waals surface area contributed by atoms with Gasteiger partial charge in [-0.05, 0) is 43.2 Å². The van der Waals surface area contributed by atoms with E-state index in [1.54, 1.807) is 0 Å². The topological polar surface area (TPSA) is 114 Å². The molecule has 2 aromatic carbocycles. The van der Waals surface area contributed by atoms with Gasteiger partial charge in [0.2, 0.25) is 18.2 Å². The molecule has 2 aromatic heterocycles. The van der Waals surface area contributed by atoms with Gasteiger partial charge in [-0.25, -0.2) is 9.37 Å². The number of benzene rings is 2. The number of fused-ring (bicyclic) bond motifs is 1. The number of carbonyl (C=O) groups excluding carboxylic acids is 1. The summed E-state index contributed by atoms with van der Waals surface area (Å²) in [5.74, 6) is 0.675. The Hall–Kier alpha value is -3.53. The average Bonchev–Trinajstić information content (AvgIpc) is 3.41. The van der Waals surface area contributed by atoms with Crippen LogP contribution in [-0.4, -0.2) is 37.9 Å². The van der Waals surface area contributed by atoms with Gasteiger partial charge in [-0.2, -0.15) is 0 Å². The van der Waals surface area contributed by atoms with Crippen molar-refractivity contribution >= 4 is 28.6 Å². The minimum Gasteiger partial charge on any atom is -0.423 e. The summed E-state index contributed by atoms with van der Waals surface area (Å²) >= 11 is 1.32. The van der Waals surface area contributed by atoms with Gasteiger partial charge in [0.05, 0.1) is 10.9 Å². The van der Waals surface area contributed by atoms with Gasteiger partial charge in [-0.3, -0.25) is 9.59 Å². The molecule has 5 rings (SSSR count). The van der Waals surface area contributed by atoms with Gasteiger partial charge in [-0.1, -0.05) is 49.2 Å². The molecule has 0 spiro atoms. The lowest BCUT2D eigenvalue weighted by Crippen LogP contribution is -2.36. The van der Waals surface area contributed by atoms with E-state index in [2.05, 4.69) is 25.5 Å². The van der Waals surface area contributed by atoms with Gasteiger partial charge < -0.3 is 14.7 Å². The molecule has 4 aromatic rings. The molecular formula is C25H26FN5O3S. The van der Waals surface area contributed by atoms with Crippen molar-refractivity contribution in [1.82, 2.24) is 25.5 Å². The summed E-state index contributed by atoms with van der Waals surface area (Å²) in [6.07, 6.45) is 7.46. The maximum atomic E-state index is 13.2. The number of halogens is 1. The van der Waals surface area contributed by atoms with Crippen LogP contribution >= 0.6 is 11.8 Å². The highest BCUT2D eigenvalue weighted by molar-refractivity contribution is 7.99. The standard InChI is InChI=1S/C17H20FN3O2S.C8H6N2O/c18-11-6-7-14-13(10-11)16(23)21-17(20-14)24-9-8-15(22)19-12-4-2-1-3-5-12;1-2-4-7(5-3-1)8-10-9-6-11-8/h6-7,10,12H,1-5,8-9H2,(H,19,22)(H,20,21,23);1-6H. The first-order valence-corrected chi connectivity index (χ1v) is 12.5. The molecule has 0 aliphatic heterocycles. The van der Waals surface area contributed by atoms with E-state index in [1.807, 2.05) is 30.3 Å². The zero-order valence-corrected chi connectivity index (χ0v) is 19.9. The maximum Gasteiger partial charge on any atom is 0.259 e. The highest BCUT2D eigenvalue weighted by atomic mass is 32.2. The number of hydrogen-bond donors (Lipinski definition) is 2. The number of carbonyl (C=O) groups is 1. The fourth-order valence-corrected chi connectivity index (χ4v) is 4.63. The summed E-state index contributed by atoms with van der Waals surface area (Å²) in [6.45, 7) is 0. The lowest BCUT2D eigenvalue weighted by Gasteiger charge is -2.22. The molecule has 1 aliphatic rings. The number of aromatic amines is 1. The SMILES string of the molecule is O=C(CCSc1nc2ccc(F)cc2c(=O)[nH]1)NC1CCCCC1.c1ccc(-c2nnco2)cc1. The Morgan fingerprint density at radius 2 is 1.94 bits per heavy atom. The average molecular weight is 496 g/mol. The molecule has 0 bridgehead atoms. The number of nitrogens with zero attached hydrogens (tertiary/aromatic N) is 3. The third-order valence-corrected chi connectivity index (χ3v) is 6.44. The summed E-state index contributed by atoms with van der Waals surface area (Å²) in [5, 5.41) is 11.1. The molecule has 10 heteroatoms. The van der Waals surface area contributed by atoms with E-state index in [0.717, 1.165) is 18.4 Å². The van der Waals surface area contributed by atoms with E-state index < -0.39 is 5.82 Å². The summed E-state index contributed by atoms with van der Waals surface area (Å²) in [5.41, 5.74) is 1.04. The molecule has 8 nitrogen and oxygen atoms in total. The molecule has 1 fully saturated rings. The Balaban J connectivity index is 0.000000218. The van der Waals surface area contributed by atoms with Crippen molar-refractivity contribution in [2.24, 2.45) is 0 Å². The number of aromatic nitrogens is 4. The number of rotatable bonds is 6. The molecule has 0 unspecified atom stereocenters. The molecule has 35 heavy (non-hydrogen) atoms. The molecule has 2 heterocycles. The third kappa shape index (κ3) is 7.22. The molecule has 0 radical (unpaired) electrons. The molecule has 1 amide bonds. The zero-order chi connectivity index (χ0) is 24.5. The minimum absolute atomic E-state index is 0.0413. The van der Waals surface area contributed by atoms with E-state index >= 15 is 0 Å². The first kappa shape index (κ1) is 24.6. The summed E-state index contributed by atoms with van der Waals surface area (Å²) in [6, 6.07) is 13.9. The maximum absolute atomic E-state index is 13.2. The van der Waals surface area contributed by atoms with Crippen LogP contribution in [0.2, 0.25) is 0 Å². The monoisotopic (exact) mass is 495 g/mol. The molecule has 182 valence electrons. The third-order valence-electron chi connectivity index (χ3n) is 5.56. The Bertz CT molecular complexity index is 1290. The van der Waals surface area contributed by atoms with Crippen LogP contribution < -0.4 is 10.9 Å². The van der Waals surface area contributed by atoms with E-state index in [4.69, 9.17) is 4.42 Å². The van der Waals surface area contributed by atoms with Gasteiger partial charge in [0.15, 0.2) is 5.16 Å². The molecule has 1 aliphatic carbocycles. The van der Waals surface area contributed by atoms with Gasteiger partial charge in [0.25, 0.3) is 5.56 Å². The van der Waals surface area contributed by atoms with Crippen molar-refractivity contribution in [2.45, 2.75) is 49.7 Å². The number of thioether (sulfide) groups is 1. The molecule has 0 saturated heterocycles. The van der Waals surface area contributed by atoms with Gasteiger partial charge in [0.1, 0.15) is 5.82 Å². The summed E-state index contributed by atoms with van der Waals surface area (Å²) in [4.78, 5) is 30.8. The highest BCUT2D eigenvalue weighted by Crippen LogP contribution is 2.19. The van der Waals surface area contributed by atoms with Gasteiger partial charge in [0, 0.05) is 23.8 Å². The fourth-order valence-electron chi connectivity index (χ4n) is 3.82. The largest absolute Gasteiger partial charge is 0.423 e. The quantitative estimate of drug-likeness (QED) is 0.294. The Morgan fingerprint density at radius 3 is 2.69 bits per heavy atom. The normalized spacial score (nSPS) is 13.7. The van der Waals surface area contributed by atoms with Crippen molar-refractivity contribution in [3.63, 3.8) is 0 Å². The van der Waals surface area contributed by atoms with E-state index in [0.29, 0.717) is 34.8 Å². The Kier molecular flexibility index (Phi) is 8.61. The van der Waals surface area contributed by atoms with Crippen molar-refractivity contribution in [3.05, 3.63) is 71.1 Å². The van der Waals surface area contributed by atoms with Crippen molar-refractivity contribution in [1.29, 1.82) is 0 Å². The van der Waals surface area contributed by atoms with Crippen molar-refractivity contribution < 1.29 is 13.6 Å². The van der Waals surface area contributed by atoms with E-state index in [-0.39, 0.29) is 16.9 Å². The van der Waals surface area contributed by atoms with Crippen LogP contribution in [0.4, 0.5) is 4.39 Å².